The summed E-state index contributed by atoms with van der Waals surface area (Å²) in [4.78, 5) is 7.20. The number of benzene rings is 1. The molecule has 0 aliphatic carbocycles. The first-order valence-electron chi connectivity index (χ1n) is 8.14. The molecule has 1 aromatic carbocycles. The summed E-state index contributed by atoms with van der Waals surface area (Å²) < 4.78 is 5.19. The van der Waals surface area contributed by atoms with E-state index in [1.54, 1.807) is 7.11 Å². The third kappa shape index (κ3) is 4.73. The smallest absolute Gasteiger partial charge is 0.194 e. The van der Waals surface area contributed by atoms with E-state index in [2.05, 4.69) is 55.3 Å². The van der Waals surface area contributed by atoms with Gasteiger partial charge in [-0.15, -0.1) is 0 Å². The lowest BCUT2D eigenvalue weighted by molar-refractivity contribution is 0.185. The van der Waals surface area contributed by atoms with Crippen molar-refractivity contribution in [2.24, 2.45) is 10.4 Å². The number of methoxy groups -OCH3 is 1. The van der Waals surface area contributed by atoms with Gasteiger partial charge in [-0.1, -0.05) is 38.1 Å². The van der Waals surface area contributed by atoms with Crippen LogP contribution in [0.4, 0.5) is 0 Å². The van der Waals surface area contributed by atoms with Crippen molar-refractivity contribution in [3.8, 4) is 0 Å². The number of guanidine groups is 1. The van der Waals surface area contributed by atoms with Gasteiger partial charge in [-0.3, -0.25) is 0 Å². The zero-order valence-corrected chi connectivity index (χ0v) is 14.4. The van der Waals surface area contributed by atoms with Gasteiger partial charge in [0.1, 0.15) is 0 Å². The van der Waals surface area contributed by atoms with E-state index >= 15 is 0 Å². The minimum Gasteiger partial charge on any atom is -0.380 e. The molecule has 0 spiro atoms. The van der Waals surface area contributed by atoms with E-state index in [0.29, 0.717) is 18.6 Å². The molecule has 0 radical (unpaired) electrons. The molecule has 22 heavy (non-hydrogen) atoms. The largest absolute Gasteiger partial charge is 0.380 e. The van der Waals surface area contributed by atoms with E-state index in [1.165, 1.54) is 17.5 Å². The number of likely N-dealkylation sites (tertiary alicyclic amines) is 1. The second kappa shape index (κ2) is 7.63. The maximum atomic E-state index is 5.19. The van der Waals surface area contributed by atoms with E-state index in [4.69, 9.17) is 9.73 Å². The molecule has 0 saturated carbocycles. The second-order valence-corrected chi connectivity index (χ2v) is 6.76. The average molecular weight is 303 g/mol. The number of hydrogen-bond donors (Lipinski definition) is 1. The number of nitrogens with one attached hydrogen (secondary N) is 1. The van der Waals surface area contributed by atoms with Gasteiger partial charge in [-0.05, 0) is 29.9 Å². The summed E-state index contributed by atoms with van der Waals surface area (Å²) in [7, 11) is 1.73. The summed E-state index contributed by atoms with van der Waals surface area (Å²) in [5.41, 5.74) is 2.81. The number of ether oxygens (including phenoxy) is 1. The normalized spacial score (nSPS) is 17.8. The molecule has 1 saturated heterocycles. The number of hydrogen-bond acceptors (Lipinski definition) is 2. The molecule has 4 heteroatoms. The average Bonchev–Trinajstić information content (AvgIpc) is 2.84. The van der Waals surface area contributed by atoms with Crippen molar-refractivity contribution in [3.05, 3.63) is 35.4 Å². The predicted octanol–water partition coefficient (Wildman–Crippen LogP) is 3.03. The molecule has 0 atom stereocenters. The third-order valence-corrected chi connectivity index (χ3v) is 4.03. The van der Waals surface area contributed by atoms with Crippen LogP contribution in [0, 0.1) is 5.41 Å². The Balaban J connectivity index is 2.05. The lowest BCUT2D eigenvalue weighted by Gasteiger charge is -2.23. The zero-order chi connectivity index (χ0) is 16.0. The molecule has 0 unspecified atom stereocenters. The number of rotatable bonds is 5. The minimum atomic E-state index is 0.384. The van der Waals surface area contributed by atoms with Crippen molar-refractivity contribution in [3.63, 3.8) is 0 Å². The highest BCUT2D eigenvalue weighted by Gasteiger charge is 2.30. The van der Waals surface area contributed by atoms with Crippen LogP contribution in [-0.2, 0) is 17.9 Å². The van der Waals surface area contributed by atoms with Crippen LogP contribution >= 0.6 is 0 Å². The van der Waals surface area contributed by atoms with Crippen LogP contribution in [0.25, 0.3) is 0 Å². The molecular weight excluding hydrogens is 274 g/mol. The molecule has 2 rings (SSSR count). The highest BCUT2D eigenvalue weighted by Crippen LogP contribution is 2.28. The van der Waals surface area contributed by atoms with Gasteiger partial charge in [-0.2, -0.15) is 0 Å². The molecule has 1 aliphatic heterocycles. The van der Waals surface area contributed by atoms with Gasteiger partial charge in [0.15, 0.2) is 5.96 Å². The van der Waals surface area contributed by atoms with E-state index in [1.807, 2.05) is 0 Å². The van der Waals surface area contributed by atoms with Crippen LogP contribution < -0.4 is 5.32 Å². The van der Waals surface area contributed by atoms with Crippen LogP contribution in [0.15, 0.2) is 29.3 Å². The lowest BCUT2D eigenvalue weighted by Crippen LogP contribution is -2.40. The molecule has 1 aromatic rings. The van der Waals surface area contributed by atoms with Crippen LogP contribution in [0.1, 0.15) is 38.3 Å². The Morgan fingerprint density at radius 1 is 1.36 bits per heavy atom. The minimum absolute atomic E-state index is 0.384. The predicted molar refractivity (Wildman–Crippen MR) is 91.9 cm³/mol. The zero-order valence-electron chi connectivity index (χ0n) is 14.4. The summed E-state index contributed by atoms with van der Waals surface area (Å²) in [6.45, 7) is 11.2. The van der Waals surface area contributed by atoms with Crippen molar-refractivity contribution in [1.82, 2.24) is 10.2 Å². The van der Waals surface area contributed by atoms with Gasteiger partial charge in [0.25, 0.3) is 0 Å². The highest BCUT2D eigenvalue weighted by molar-refractivity contribution is 5.80. The molecule has 1 heterocycles. The van der Waals surface area contributed by atoms with Crippen molar-refractivity contribution in [1.29, 1.82) is 0 Å². The number of aliphatic imine (C=N–C) groups is 1. The van der Waals surface area contributed by atoms with Gasteiger partial charge < -0.3 is 15.0 Å². The standard InChI is InChI=1S/C18H29N3O/c1-5-19-17(21-10-9-18(2,3)14-21)20-12-15-7-6-8-16(11-15)13-22-4/h6-8,11H,5,9-10,12-14H2,1-4H3,(H,19,20). The van der Waals surface area contributed by atoms with Crippen molar-refractivity contribution in [2.45, 2.75) is 40.3 Å². The maximum absolute atomic E-state index is 5.19. The quantitative estimate of drug-likeness (QED) is 0.671. The molecule has 0 amide bonds. The molecule has 0 bridgehead atoms. The topological polar surface area (TPSA) is 36.9 Å². The van der Waals surface area contributed by atoms with Crippen LogP contribution in [-0.4, -0.2) is 37.6 Å². The van der Waals surface area contributed by atoms with Crippen molar-refractivity contribution >= 4 is 5.96 Å². The van der Waals surface area contributed by atoms with Crippen LogP contribution in [0.3, 0.4) is 0 Å². The molecule has 122 valence electrons. The molecule has 1 aliphatic rings. The Morgan fingerprint density at radius 2 is 2.14 bits per heavy atom. The Morgan fingerprint density at radius 3 is 2.77 bits per heavy atom. The summed E-state index contributed by atoms with van der Waals surface area (Å²) in [6, 6.07) is 8.46. The Labute approximate surface area is 134 Å². The van der Waals surface area contributed by atoms with Gasteiger partial charge >= 0.3 is 0 Å². The van der Waals surface area contributed by atoms with E-state index in [-0.39, 0.29) is 0 Å². The summed E-state index contributed by atoms with van der Waals surface area (Å²) in [5.74, 6) is 1.03. The summed E-state index contributed by atoms with van der Waals surface area (Å²) >= 11 is 0. The molecule has 0 aromatic heterocycles. The first kappa shape index (κ1) is 16.8. The van der Waals surface area contributed by atoms with Gasteiger partial charge in [0.2, 0.25) is 0 Å². The van der Waals surface area contributed by atoms with E-state index in [9.17, 15) is 0 Å². The summed E-state index contributed by atoms with van der Waals surface area (Å²) in [5, 5.41) is 3.42. The molecule has 1 N–H and O–H groups in total. The maximum Gasteiger partial charge on any atom is 0.194 e. The van der Waals surface area contributed by atoms with Crippen LogP contribution in [0.5, 0.6) is 0 Å². The Hall–Kier alpha value is -1.55. The van der Waals surface area contributed by atoms with Gasteiger partial charge in [0.05, 0.1) is 13.2 Å². The summed E-state index contributed by atoms with van der Waals surface area (Å²) in [6.07, 6.45) is 1.22. The SMILES string of the molecule is CCNC(=NCc1cccc(COC)c1)N1CCC(C)(C)C1. The first-order chi connectivity index (χ1) is 10.5. The molecular formula is C18H29N3O. The molecule has 4 nitrogen and oxygen atoms in total. The van der Waals surface area contributed by atoms with Gasteiger partial charge in [0, 0.05) is 26.7 Å². The van der Waals surface area contributed by atoms with Gasteiger partial charge in [-0.25, -0.2) is 4.99 Å². The number of nitrogens with zero attached hydrogens (tertiary/aromatic N) is 2. The third-order valence-electron chi connectivity index (χ3n) is 4.03. The second-order valence-electron chi connectivity index (χ2n) is 6.76. The lowest BCUT2D eigenvalue weighted by atomic mass is 9.93. The van der Waals surface area contributed by atoms with E-state index < -0.39 is 0 Å². The van der Waals surface area contributed by atoms with E-state index in [0.717, 1.165) is 25.6 Å². The monoisotopic (exact) mass is 303 g/mol. The fourth-order valence-corrected chi connectivity index (χ4v) is 2.87. The van der Waals surface area contributed by atoms with Crippen molar-refractivity contribution < 1.29 is 4.74 Å². The Bertz CT molecular complexity index is 511. The van der Waals surface area contributed by atoms with Crippen LogP contribution in [0.2, 0.25) is 0 Å². The van der Waals surface area contributed by atoms with Crippen molar-refractivity contribution in [2.75, 3.05) is 26.7 Å². The first-order valence-corrected chi connectivity index (χ1v) is 8.14. The highest BCUT2D eigenvalue weighted by atomic mass is 16.5. The molecule has 1 fully saturated rings. The Kier molecular flexibility index (Phi) is 5.83. The fourth-order valence-electron chi connectivity index (χ4n) is 2.87. The fraction of sp³-hybridized carbons (Fsp3) is 0.611.